The average molecular weight is 268 g/mol. The Bertz CT molecular complexity index is 360. The molecule has 0 fully saturated rings. The van der Waals surface area contributed by atoms with Crippen molar-refractivity contribution in [2.45, 2.75) is 13.8 Å². The number of hydrogen-bond donors (Lipinski definition) is 1. The van der Waals surface area contributed by atoms with Gasteiger partial charge in [0.15, 0.2) is 0 Å². The minimum Gasteiger partial charge on any atom is -0.464 e. The van der Waals surface area contributed by atoms with E-state index in [1.54, 1.807) is 0 Å². The Morgan fingerprint density at radius 2 is 1.79 bits per heavy atom. The van der Waals surface area contributed by atoms with E-state index in [1.165, 1.54) is 0 Å². The van der Waals surface area contributed by atoms with Crippen LogP contribution in [-0.2, 0) is 0 Å². The lowest BCUT2D eigenvalue weighted by Crippen LogP contribution is -2.30. The molecule has 0 aliphatic rings. The molecule has 1 aromatic heterocycles. The Morgan fingerprint density at radius 1 is 1.05 bits per heavy atom. The number of nitrogens with one attached hydrogen (secondary N) is 1. The minimum atomic E-state index is 0.361. The van der Waals surface area contributed by atoms with Gasteiger partial charge in [0.05, 0.1) is 6.61 Å². The summed E-state index contributed by atoms with van der Waals surface area (Å²) in [6.45, 7) is 6.98. The van der Waals surface area contributed by atoms with Gasteiger partial charge < -0.3 is 19.9 Å². The quantitative estimate of drug-likeness (QED) is 0.744. The highest BCUT2D eigenvalue weighted by Crippen LogP contribution is 2.13. The van der Waals surface area contributed by atoms with Crippen molar-refractivity contribution in [2.75, 3.05) is 57.6 Å². The van der Waals surface area contributed by atoms with Crippen molar-refractivity contribution in [2.24, 2.45) is 0 Å². The van der Waals surface area contributed by atoms with Crippen LogP contribution in [0, 0.1) is 0 Å². The Morgan fingerprint density at radius 3 is 2.37 bits per heavy atom. The Balaban J connectivity index is 2.84. The number of aromatic nitrogens is 3. The Hall–Kier alpha value is -1.63. The molecule has 0 aromatic carbocycles. The fourth-order valence-electron chi connectivity index (χ4n) is 1.40. The molecule has 0 amide bonds. The van der Waals surface area contributed by atoms with Crippen molar-refractivity contribution in [1.82, 2.24) is 19.9 Å². The molecule has 0 radical (unpaired) electrons. The van der Waals surface area contributed by atoms with Crippen molar-refractivity contribution in [3.05, 3.63) is 0 Å². The molecular weight excluding hydrogens is 244 g/mol. The number of ether oxygens (including phenoxy) is 1. The summed E-state index contributed by atoms with van der Waals surface area (Å²) in [7, 11) is 6.04. The topological polar surface area (TPSA) is 66.4 Å². The standard InChI is InChI=1S/C12H24N6O/c1-6-13-10-14-11(16-12(15-10)19-7-2)18(5)9-8-17(3)4/h6-9H2,1-5H3,(H,13,14,15,16). The van der Waals surface area contributed by atoms with Crippen LogP contribution in [0.3, 0.4) is 0 Å². The van der Waals surface area contributed by atoms with Gasteiger partial charge in [0.25, 0.3) is 0 Å². The van der Waals surface area contributed by atoms with E-state index in [0.29, 0.717) is 24.5 Å². The second-order valence-electron chi connectivity index (χ2n) is 4.43. The number of nitrogens with zero attached hydrogens (tertiary/aromatic N) is 5. The molecule has 0 unspecified atom stereocenters. The third kappa shape index (κ3) is 5.25. The summed E-state index contributed by atoms with van der Waals surface area (Å²) in [4.78, 5) is 17.0. The zero-order valence-electron chi connectivity index (χ0n) is 12.5. The molecule has 0 aliphatic carbocycles. The highest BCUT2D eigenvalue weighted by molar-refractivity contribution is 5.37. The zero-order valence-corrected chi connectivity index (χ0v) is 12.5. The molecule has 19 heavy (non-hydrogen) atoms. The maximum Gasteiger partial charge on any atom is 0.323 e. The van der Waals surface area contributed by atoms with Crippen LogP contribution >= 0.6 is 0 Å². The molecule has 1 aromatic rings. The van der Waals surface area contributed by atoms with Gasteiger partial charge in [0, 0.05) is 26.7 Å². The first-order chi connectivity index (χ1) is 9.06. The summed E-state index contributed by atoms with van der Waals surface area (Å²) in [5.41, 5.74) is 0. The fraction of sp³-hybridized carbons (Fsp3) is 0.750. The van der Waals surface area contributed by atoms with Crippen LogP contribution < -0.4 is 15.0 Å². The van der Waals surface area contributed by atoms with Gasteiger partial charge >= 0.3 is 6.01 Å². The molecule has 108 valence electrons. The summed E-state index contributed by atoms with van der Waals surface area (Å²) in [6.07, 6.45) is 0. The number of rotatable bonds is 8. The normalized spacial score (nSPS) is 10.6. The predicted molar refractivity (Wildman–Crippen MR) is 77.0 cm³/mol. The number of likely N-dealkylation sites (N-methyl/N-ethyl adjacent to an activating group) is 2. The molecule has 0 aliphatic heterocycles. The molecule has 1 N–H and O–H groups in total. The number of anilines is 2. The number of hydrogen-bond acceptors (Lipinski definition) is 7. The fourth-order valence-corrected chi connectivity index (χ4v) is 1.40. The van der Waals surface area contributed by atoms with Crippen LogP contribution in [0.1, 0.15) is 13.8 Å². The van der Waals surface area contributed by atoms with E-state index in [1.807, 2.05) is 39.9 Å². The van der Waals surface area contributed by atoms with Crippen LogP contribution in [0.5, 0.6) is 6.01 Å². The van der Waals surface area contributed by atoms with Gasteiger partial charge in [-0.25, -0.2) is 0 Å². The second-order valence-corrected chi connectivity index (χ2v) is 4.43. The van der Waals surface area contributed by atoms with E-state index in [4.69, 9.17) is 4.74 Å². The predicted octanol–water partition coefficient (Wildman–Crippen LogP) is 0.700. The van der Waals surface area contributed by atoms with E-state index in [-0.39, 0.29) is 0 Å². The molecule has 0 bridgehead atoms. The van der Waals surface area contributed by atoms with Gasteiger partial charge in [-0.2, -0.15) is 15.0 Å². The van der Waals surface area contributed by atoms with Gasteiger partial charge in [-0.15, -0.1) is 0 Å². The van der Waals surface area contributed by atoms with Crippen LogP contribution in [0.15, 0.2) is 0 Å². The average Bonchev–Trinajstić information content (AvgIpc) is 2.36. The van der Waals surface area contributed by atoms with Crippen LogP contribution in [0.25, 0.3) is 0 Å². The SMILES string of the molecule is CCNc1nc(OCC)nc(N(C)CCN(C)C)n1. The van der Waals surface area contributed by atoms with Crippen molar-refractivity contribution in [3.8, 4) is 6.01 Å². The molecular formula is C12H24N6O. The summed E-state index contributed by atoms with van der Waals surface area (Å²) >= 11 is 0. The first kappa shape index (κ1) is 15.4. The van der Waals surface area contributed by atoms with Crippen LogP contribution in [0.2, 0.25) is 0 Å². The van der Waals surface area contributed by atoms with E-state index in [2.05, 4.69) is 25.2 Å². The van der Waals surface area contributed by atoms with E-state index in [9.17, 15) is 0 Å². The maximum atomic E-state index is 5.37. The molecule has 1 rings (SSSR count). The lowest BCUT2D eigenvalue weighted by molar-refractivity contribution is 0.312. The largest absolute Gasteiger partial charge is 0.464 e. The van der Waals surface area contributed by atoms with Crippen molar-refractivity contribution in [3.63, 3.8) is 0 Å². The summed E-state index contributed by atoms with van der Waals surface area (Å²) in [6, 6.07) is 0.361. The summed E-state index contributed by atoms with van der Waals surface area (Å²) < 4.78 is 5.37. The molecule has 0 atom stereocenters. The van der Waals surface area contributed by atoms with Gasteiger partial charge in [-0.3, -0.25) is 0 Å². The molecule has 1 heterocycles. The maximum absolute atomic E-state index is 5.37. The van der Waals surface area contributed by atoms with Gasteiger partial charge in [0.2, 0.25) is 11.9 Å². The van der Waals surface area contributed by atoms with Crippen molar-refractivity contribution < 1.29 is 4.74 Å². The van der Waals surface area contributed by atoms with Gasteiger partial charge in [0.1, 0.15) is 0 Å². The first-order valence-electron chi connectivity index (χ1n) is 6.55. The lowest BCUT2D eigenvalue weighted by atomic mass is 10.5. The summed E-state index contributed by atoms with van der Waals surface area (Å²) in [5, 5.41) is 3.09. The van der Waals surface area contributed by atoms with Crippen molar-refractivity contribution >= 4 is 11.9 Å². The highest BCUT2D eigenvalue weighted by Gasteiger charge is 2.10. The third-order valence-corrected chi connectivity index (χ3v) is 2.44. The van der Waals surface area contributed by atoms with Crippen molar-refractivity contribution in [1.29, 1.82) is 0 Å². The lowest BCUT2D eigenvalue weighted by Gasteiger charge is -2.20. The second kappa shape index (κ2) is 7.73. The minimum absolute atomic E-state index is 0.361. The monoisotopic (exact) mass is 268 g/mol. The van der Waals surface area contributed by atoms with Crippen LogP contribution in [-0.4, -0.2) is 67.2 Å². The Kier molecular flexibility index (Phi) is 6.27. The molecule has 0 spiro atoms. The zero-order chi connectivity index (χ0) is 14.3. The van der Waals surface area contributed by atoms with E-state index in [0.717, 1.165) is 19.6 Å². The first-order valence-corrected chi connectivity index (χ1v) is 6.55. The summed E-state index contributed by atoms with van der Waals surface area (Å²) in [5.74, 6) is 1.17. The third-order valence-electron chi connectivity index (χ3n) is 2.44. The molecule has 0 saturated heterocycles. The van der Waals surface area contributed by atoms with Gasteiger partial charge in [-0.1, -0.05) is 0 Å². The smallest absolute Gasteiger partial charge is 0.323 e. The molecule has 7 heteroatoms. The highest BCUT2D eigenvalue weighted by atomic mass is 16.5. The van der Waals surface area contributed by atoms with E-state index >= 15 is 0 Å². The molecule has 0 saturated carbocycles. The Labute approximate surface area is 115 Å². The van der Waals surface area contributed by atoms with Gasteiger partial charge in [-0.05, 0) is 27.9 Å². The molecule has 7 nitrogen and oxygen atoms in total. The van der Waals surface area contributed by atoms with Crippen LogP contribution in [0.4, 0.5) is 11.9 Å². The van der Waals surface area contributed by atoms with E-state index < -0.39 is 0 Å².